The van der Waals surface area contributed by atoms with Crippen molar-refractivity contribution in [3.63, 3.8) is 0 Å². The molecule has 1 unspecified atom stereocenters. The first-order valence-corrected chi connectivity index (χ1v) is 8.99. The van der Waals surface area contributed by atoms with Crippen LogP contribution in [0.5, 0.6) is 0 Å². The number of nitrogens with one attached hydrogen (secondary N) is 1. The number of furan rings is 1. The number of carbonyl (C=O) groups is 1. The second-order valence-corrected chi connectivity index (χ2v) is 6.84. The standard InChI is InChI=1S/C19H24N4O4/c1-21(2)15-8-7-14(12-16(15)23(25)26)19(24)20-13-17(18-6-5-11-27-18)22-9-3-4-10-22/h5-8,11-12,17H,3-4,9-10,13H2,1-2H3,(H,20,24). The van der Waals surface area contributed by atoms with Gasteiger partial charge in [0.15, 0.2) is 0 Å². The highest BCUT2D eigenvalue weighted by Crippen LogP contribution is 2.28. The molecule has 1 fully saturated rings. The molecule has 1 aliphatic rings. The summed E-state index contributed by atoms with van der Waals surface area (Å²) < 4.78 is 5.55. The van der Waals surface area contributed by atoms with E-state index in [4.69, 9.17) is 4.42 Å². The number of amides is 1. The van der Waals surface area contributed by atoms with Gasteiger partial charge in [-0.3, -0.25) is 19.8 Å². The Kier molecular flexibility index (Phi) is 5.75. The molecule has 0 spiro atoms. The Hall–Kier alpha value is -2.87. The maximum absolute atomic E-state index is 12.6. The summed E-state index contributed by atoms with van der Waals surface area (Å²) in [6, 6.07) is 8.23. The number of nitro benzene ring substituents is 1. The van der Waals surface area contributed by atoms with Gasteiger partial charge in [0.05, 0.1) is 17.2 Å². The van der Waals surface area contributed by atoms with E-state index in [1.165, 1.54) is 6.07 Å². The summed E-state index contributed by atoms with van der Waals surface area (Å²) in [5, 5.41) is 14.2. The molecule has 0 saturated carbocycles. The number of nitro groups is 1. The molecule has 8 nitrogen and oxygen atoms in total. The van der Waals surface area contributed by atoms with Gasteiger partial charge in [-0.25, -0.2) is 0 Å². The van der Waals surface area contributed by atoms with E-state index in [1.807, 2.05) is 12.1 Å². The van der Waals surface area contributed by atoms with Crippen molar-refractivity contribution in [1.82, 2.24) is 10.2 Å². The van der Waals surface area contributed by atoms with Crippen molar-refractivity contribution >= 4 is 17.3 Å². The third kappa shape index (κ3) is 4.28. The van der Waals surface area contributed by atoms with Crippen LogP contribution in [0.15, 0.2) is 41.0 Å². The van der Waals surface area contributed by atoms with Crippen molar-refractivity contribution in [3.8, 4) is 0 Å². The zero-order valence-corrected chi connectivity index (χ0v) is 15.6. The van der Waals surface area contributed by atoms with Crippen LogP contribution in [0.1, 0.15) is 35.0 Å². The fraction of sp³-hybridized carbons (Fsp3) is 0.421. The SMILES string of the molecule is CN(C)c1ccc(C(=O)NCC(c2ccco2)N2CCCC2)cc1[N+](=O)[O-]. The van der Waals surface area contributed by atoms with E-state index < -0.39 is 4.92 Å². The molecule has 2 heterocycles. The molecule has 0 radical (unpaired) electrons. The molecule has 1 saturated heterocycles. The summed E-state index contributed by atoms with van der Waals surface area (Å²) in [5.74, 6) is 0.477. The molecule has 2 aromatic rings. The smallest absolute Gasteiger partial charge is 0.293 e. The zero-order valence-electron chi connectivity index (χ0n) is 15.6. The van der Waals surface area contributed by atoms with Crippen LogP contribution >= 0.6 is 0 Å². The van der Waals surface area contributed by atoms with Gasteiger partial charge in [-0.1, -0.05) is 0 Å². The number of benzene rings is 1. The van der Waals surface area contributed by atoms with E-state index >= 15 is 0 Å². The lowest BCUT2D eigenvalue weighted by atomic mass is 10.1. The number of carbonyl (C=O) groups excluding carboxylic acids is 1. The van der Waals surface area contributed by atoms with Gasteiger partial charge < -0.3 is 14.6 Å². The quantitative estimate of drug-likeness (QED) is 0.593. The Bertz CT molecular complexity index is 798. The Morgan fingerprint density at radius 1 is 1.33 bits per heavy atom. The second-order valence-electron chi connectivity index (χ2n) is 6.84. The van der Waals surface area contributed by atoms with Crippen molar-refractivity contribution in [1.29, 1.82) is 0 Å². The van der Waals surface area contributed by atoms with Crippen LogP contribution < -0.4 is 10.2 Å². The summed E-state index contributed by atoms with van der Waals surface area (Å²) in [6.45, 7) is 2.31. The third-order valence-corrected chi connectivity index (χ3v) is 4.83. The van der Waals surface area contributed by atoms with Crippen molar-refractivity contribution in [2.75, 3.05) is 38.6 Å². The molecule has 3 rings (SSSR count). The van der Waals surface area contributed by atoms with Gasteiger partial charge in [0.1, 0.15) is 11.4 Å². The van der Waals surface area contributed by atoms with Crippen LogP contribution in [-0.4, -0.2) is 49.5 Å². The average Bonchev–Trinajstić information content (AvgIpc) is 3.35. The van der Waals surface area contributed by atoms with Gasteiger partial charge in [0.25, 0.3) is 11.6 Å². The number of likely N-dealkylation sites (tertiary alicyclic amines) is 1. The first kappa shape index (κ1) is 18.9. The summed E-state index contributed by atoms with van der Waals surface area (Å²) >= 11 is 0. The minimum absolute atomic E-state index is 0.0394. The van der Waals surface area contributed by atoms with E-state index in [1.54, 1.807) is 37.4 Å². The summed E-state index contributed by atoms with van der Waals surface area (Å²) in [5.41, 5.74) is 0.642. The number of hydrogen-bond acceptors (Lipinski definition) is 6. The second kappa shape index (κ2) is 8.22. The van der Waals surface area contributed by atoms with Crippen molar-refractivity contribution < 1.29 is 14.1 Å². The fourth-order valence-corrected chi connectivity index (χ4v) is 3.42. The average molecular weight is 372 g/mol. The van der Waals surface area contributed by atoms with Crippen LogP contribution in [0.25, 0.3) is 0 Å². The molecule has 1 atom stereocenters. The van der Waals surface area contributed by atoms with E-state index in [0.717, 1.165) is 31.7 Å². The van der Waals surface area contributed by atoms with Gasteiger partial charge in [-0.05, 0) is 50.2 Å². The number of rotatable bonds is 7. The highest BCUT2D eigenvalue weighted by molar-refractivity contribution is 5.95. The normalized spacial score (nSPS) is 15.5. The van der Waals surface area contributed by atoms with Crippen molar-refractivity contribution in [2.45, 2.75) is 18.9 Å². The number of hydrogen-bond donors (Lipinski definition) is 1. The molecule has 1 N–H and O–H groups in total. The predicted octanol–water partition coefficient (Wildman–Crippen LogP) is 2.82. The topological polar surface area (TPSA) is 91.9 Å². The summed E-state index contributed by atoms with van der Waals surface area (Å²) in [6.07, 6.45) is 3.89. The van der Waals surface area contributed by atoms with Crippen LogP contribution in [0, 0.1) is 10.1 Å². The lowest BCUT2D eigenvalue weighted by Crippen LogP contribution is -2.36. The molecule has 1 aromatic heterocycles. The Morgan fingerprint density at radius 3 is 2.67 bits per heavy atom. The van der Waals surface area contributed by atoms with Gasteiger partial charge in [0, 0.05) is 32.3 Å². The Labute approximate surface area is 157 Å². The summed E-state index contributed by atoms with van der Waals surface area (Å²) in [4.78, 5) is 27.4. The zero-order chi connectivity index (χ0) is 19.4. The van der Waals surface area contributed by atoms with E-state index in [0.29, 0.717) is 12.2 Å². The van der Waals surface area contributed by atoms with Gasteiger partial charge in [-0.15, -0.1) is 0 Å². The minimum atomic E-state index is -0.470. The fourth-order valence-electron chi connectivity index (χ4n) is 3.42. The maximum Gasteiger partial charge on any atom is 0.293 e. The Balaban J connectivity index is 1.74. The summed E-state index contributed by atoms with van der Waals surface area (Å²) in [7, 11) is 3.46. The largest absolute Gasteiger partial charge is 0.468 e. The van der Waals surface area contributed by atoms with Crippen molar-refractivity contribution in [2.24, 2.45) is 0 Å². The van der Waals surface area contributed by atoms with Crippen molar-refractivity contribution in [3.05, 3.63) is 58.0 Å². The first-order chi connectivity index (χ1) is 13.0. The first-order valence-electron chi connectivity index (χ1n) is 8.99. The highest BCUT2D eigenvalue weighted by Gasteiger charge is 2.26. The monoisotopic (exact) mass is 372 g/mol. The molecule has 1 aromatic carbocycles. The lowest BCUT2D eigenvalue weighted by molar-refractivity contribution is -0.384. The third-order valence-electron chi connectivity index (χ3n) is 4.83. The highest BCUT2D eigenvalue weighted by atomic mass is 16.6. The van der Waals surface area contributed by atoms with E-state index in [9.17, 15) is 14.9 Å². The number of nitrogens with zero attached hydrogens (tertiary/aromatic N) is 3. The minimum Gasteiger partial charge on any atom is -0.468 e. The van der Waals surface area contributed by atoms with Gasteiger partial charge >= 0.3 is 0 Å². The molecular weight excluding hydrogens is 348 g/mol. The Morgan fingerprint density at radius 2 is 2.07 bits per heavy atom. The molecule has 0 bridgehead atoms. The molecule has 1 amide bonds. The van der Waals surface area contributed by atoms with Gasteiger partial charge in [0.2, 0.25) is 0 Å². The van der Waals surface area contributed by atoms with Crippen LogP contribution in [-0.2, 0) is 0 Å². The molecule has 144 valence electrons. The van der Waals surface area contributed by atoms with Gasteiger partial charge in [-0.2, -0.15) is 0 Å². The molecular formula is C19H24N4O4. The number of anilines is 1. The molecule has 8 heteroatoms. The van der Waals surface area contributed by atoms with E-state index in [2.05, 4.69) is 10.2 Å². The molecule has 1 aliphatic heterocycles. The van der Waals surface area contributed by atoms with Crippen LogP contribution in [0.4, 0.5) is 11.4 Å². The van der Waals surface area contributed by atoms with Crippen LogP contribution in [0.2, 0.25) is 0 Å². The van der Waals surface area contributed by atoms with E-state index in [-0.39, 0.29) is 23.2 Å². The van der Waals surface area contributed by atoms with Crippen LogP contribution in [0.3, 0.4) is 0 Å². The lowest BCUT2D eigenvalue weighted by Gasteiger charge is -2.26. The molecule has 0 aliphatic carbocycles. The maximum atomic E-state index is 12.6. The molecule has 27 heavy (non-hydrogen) atoms. The predicted molar refractivity (Wildman–Crippen MR) is 102 cm³/mol.